The van der Waals surface area contributed by atoms with Gasteiger partial charge in [0, 0.05) is 27.4 Å². The van der Waals surface area contributed by atoms with Crippen molar-refractivity contribution in [2.24, 2.45) is 0 Å². The molecular formula is C23H14ClNO4S. The molecule has 0 aliphatic carbocycles. The van der Waals surface area contributed by atoms with Gasteiger partial charge in [-0.1, -0.05) is 29.8 Å². The van der Waals surface area contributed by atoms with Crippen molar-refractivity contribution in [1.82, 2.24) is 0 Å². The number of amides is 1. The van der Waals surface area contributed by atoms with Crippen LogP contribution in [0.15, 0.2) is 73.6 Å². The number of halogens is 1. The SMILES string of the molecule is Cc1cc2oc(=O)cc(-c3oc4ccccc4c3NC(=O)c3cccs3)c2cc1Cl. The molecule has 1 amide bonds. The Labute approximate surface area is 179 Å². The standard InChI is InChI=1S/C23H14ClNO4S/c1-12-9-18-14(10-16(12)24)15(11-20(26)28-18)22-21(13-5-2-3-6-17(13)29-22)25-23(27)19-7-4-8-30-19/h2-11H,1H3,(H,25,27). The van der Waals surface area contributed by atoms with Crippen LogP contribution in [0.25, 0.3) is 33.3 Å². The van der Waals surface area contributed by atoms with Gasteiger partial charge in [0.15, 0.2) is 5.76 Å². The summed E-state index contributed by atoms with van der Waals surface area (Å²) in [5.74, 6) is 0.123. The number of para-hydroxylation sites is 1. The van der Waals surface area contributed by atoms with Crippen LogP contribution >= 0.6 is 22.9 Å². The minimum Gasteiger partial charge on any atom is -0.454 e. The van der Waals surface area contributed by atoms with Crippen LogP contribution in [-0.4, -0.2) is 5.91 Å². The van der Waals surface area contributed by atoms with Crippen molar-refractivity contribution in [3.05, 3.63) is 85.9 Å². The number of anilines is 1. The van der Waals surface area contributed by atoms with Crippen molar-refractivity contribution in [3.8, 4) is 11.3 Å². The number of aryl methyl sites for hydroxylation is 1. The number of carbonyl (C=O) groups excluding carboxylic acids is 1. The molecule has 0 unspecified atom stereocenters. The molecule has 0 fully saturated rings. The van der Waals surface area contributed by atoms with Crippen LogP contribution in [0.2, 0.25) is 5.02 Å². The number of hydrogen-bond donors (Lipinski definition) is 1. The van der Waals surface area contributed by atoms with Gasteiger partial charge in [-0.05, 0) is 48.2 Å². The van der Waals surface area contributed by atoms with Gasteiger partial charge in [0.2, 0.25) is 0 Å². The third kappa shape index (κ3) is 3.10. The average Bonchev–Trinajstić information content (AvgIpc) is 3.37. The predicted octanol–water partition coefficient (Wildman–Crippen LogP) is 6.48. The third-order valence-corrected chi connectivity index (χ3v) is 6.12. The smallest absolute Gasteiger partial charge is 0.336 e. The molecule has 0 bridgehead atoms. The summed E-state index contributed by atoms with van der Waals surface area (Å²) in [6.07, 6.45) is 0. The second kappa shape index (κ2) is 7.16. The van der Waals surface area contributed by atoms with E-state index in [-0.39, 0.29) is 5.91 Å². The number of thiophene rings is 1. The summed E-state index contributed by atoms with van der Waals surface area (Å²) >= 11 is 7.68. The summed E-state index contributed by atoms with van der Waals surface area (Å²) in [6.45, 7) is 1.84. The molecule has 0 aliphatic heterocycles. The van der Waals surface area contributed by atoms with E-state index in [4.69, 9.17) is 20.4 Å². The zero-order valence-corrected chi connectivity index (χ0v) is 17.3. The zero-order valence-electron chi connectivity index (χ0n) is 15.7. The molecule has 0 atom stereocenters. The van der Waals surface area contributed by atoms with Crippen LogP contribution < -0.4 is 10.9 Å². The third-order valence-electron chi connectivity index (χ3n) is 4.85. The molecule has 7 heteroatoms. The van der Waals surface area contributed by atoms with E-state index in [1.807, 2.05) is 42.6 Å². The molecule has 2 aromatic carbocycles. The lowest BCUT2D eigenvalue weighted by Crippen LogP contribution is -2.10. The molecule has 3 heterocycles. The zero-order chi connectivity index (χ0) is 20.8. The van der Waals surface area contributed by atoms with Crippen LogP contribution in [0, 0.1) is 6.92 Å². The molecule has 0 radical (unpaired) electrons. The Kier molecular flexibility index (Phi) is 4.46. The number of furan rings is 1. The molecule has 30 heavy (non-hydrogen) atoms. The highest BCUT2D eigenvalue weighted by Gasteiger charge is 2.22. The van der Waals surface area contributed by atoms with Gasteiger partial charge in [0.25, 0.3) is 5.91 Å². The largest absolute Gasteiger partial charge is 0.454 e. The molecule has 5 nitrogen and oxygen atoms in total. The molecule has 0 aliphatic rings. The maximum Gasteiger partial charge on any atom is 0.336 e. The van der Waals surface area contributed by atoms with Crippen molar-refractivity contribution in [1.29, 1.82) is 0 Å². The molecular weight excluding hydrogens is 422 g/mol. The Morgan fingerprint density at radius 3 is 2.63 bits per heavy atom. The van der Waals surface area contributed by atoms with Gasteiger partial charge < -0.3 is 14.2 Å². The van der Waals surface area contributed by atoms with E-state index in [1.165, 1.54) is 17.4 Å². The predicted molar refractivity (Wildman–Crippen MR) is 120 cm³/mol. The fraction of sp³-hybridized carbons (Fsp3) is 0.0435. The number of benzene rings is 2. The van der Waals surface area contributed by atoms with E-state index >= 15 is 0 Å². The second-order valence-corrected chi connectivity index (χ2v) is 8.17. The molecule has 0 spiro atoms. The van der Waals surface area contributed by atoms with Gasteiger partial charge in [0.05, 0.1) is 10.6 Å². The minimum absolute atomic E-state index is 0.251. The fourth-order valence-electron chi connectivity index (χ4n) is 3.41. The molecule has 148 valence electrons. The summed E-state index contributed by atoms with van der Waals surface area (Å²) < 4.78 is 11.5. The lowest BCUT2D eigenvalue weighted by molar-refractivity contribution is 0.103. The molecule has 1 N–H and O–H groups in total. The Balaban J connectivity index is 1.78. The van der Waals surface area contributed by atoms with Crippen LogP contribution in [0.5, 0.6) is 0 Å². The van der Waals surface area contributed by atoms with Crippen molar-refractivity contribution >= 4 is 56.5 Å². The first-order valence-electron chi connectivity index (χ1n) is 9.12. The maximum atomic E-state index is 12.8. The number of fused-ring (bicyclic) bond motifs is 2. The molecule has 5 aromatic rings. The lowest BCUT2D eigenvalue weighted by atomic mass is 10.0. The maximum absolute atomic E-state index is 12.8. The van der Waals surface area contributed by atoms with Gasteiger partial charge >= 0.3 is 5.63 Å². The first-order chi connectivity index (χ1) is 14.5. The Morgan fingerprint density at radius 2 is 1.83 bits per heavy atom. The van der Waals surface area contributed by atoms with Gasteiger partial charge in [-0.3, -0.25) is 4.79 Å². The highest BCUT2D eigenvalue weighted by molar-refractivity contribution is 7.12. The van der Waals surface area contributed by atoms with Crippen LogP contribution in [0.4, 0.5) is 5.69 Å². The van der Waals surface area contributed by atoms with Crippen molar-refractivity contribution in [2.75, 3.05) is 5.32 Å². The van der Waals surface area contributed by atoms with Crippen molar-refractivity contribution in [2.45, 2.75) is 6.92 Å². The highest BCUT2D eigenvalue weighted by Crippen LogP contribution is 2.41. The summed E-state index contributed by atoms with van der Waals surface area (Å²) in [4.78, 5) is 25.6. The van der Waals surface area contributed by atoms with E-state index in [0.717, 1.165) is 10.9 Å². The lowest BCUT2D eigenvalue weighted by Gasteiger charge is -2.09. The van der Waals surface area contributed by atoms with E-state index < -0.39 is 5.63 Å². The Bertz CT molecular complexity index is 1480. The quantitative estimate of drug-likeness (QED) is 0.329. The topological polar surface area (TPSA) is 72.5 Å². The molecule has 5 rings (SSSR count). The highest BCUT2D eigenvalue weighted by atomic mass is 35.5. The van der Waals surface area contributed by atoms with E-state index in [1.54, 1.807) is 18.2 Å². The van der Waals surface area contributed by atoms with Crippen LogP contribution in [-0.2, 0) is 0 Å². The summed E-state index contributed by atoms with van der Waals surface area (Å²) in [5.41, 5.74) is 2.26. The number of rotatable bonds is 3. The first kappa shape index (κ1) is 18.7. The number of hydrogen-bond acceptors (Lipinski definition) is 5. The fourth-order valence-corrected chi connectivity index (χ4v) is 4.20. The summed E-state index contributed by atoms with van der Waals surface area (Å²) in [6, 6.07) is 15.7. The number of carbonyl (C=O) groups is 1. The first-order valence-corrected chi connectivity index (χ1v) is 10.4. The monoisotopic (exact) mass is 435 g/mol. The number of nitrogens with one attached hydrogen (secondary N) is 1. The molecule has 0 saturated carbocycles. The Hall–Kier alpha value is -3.35. The van der Waals surface area contributed by atoms with Gasteiger partial charge in [-0.2, -0.15) is 0 Å². The van der Waals surface area contributed by atoms with Crippen LogP contribution in [0.1, 0.15) is 15.2 Å². The normalized spacial score (nSPS) is 11.3. The van der Waals surface area contributed by atoms with Crippen molar-refractivity contribution < 1.29 is 13.6 Å². The second-order valence-electron chi connectivity index (χ2n) is 6.81. The molecule has 3 aromatic heterocycles. The van der Waals surface area contributed by atoms with Crippen molar-refractivity contribution in [3.63, 3.8) is 0 Å². The van der Waals surface area contributed by atoms with Crippen LogP contribution in [0.3, 0.4) is 0 Å². The summed E-state index contributed by atoms with van der Waals surface area (Å²) in [5, 5.41) is 6.69. The average molecular weight is 436 g/mol. The van der Waals surface area contributed by atoms with E-state index in [0.29, 0.717) is 43.5 Å². The summed E-state index contributed by atoms with van der Waals surface area (Å²) in [7, 11) is 0. The molecule has 0 saturated heterocycles. The Morgan fingerprint density at radius 1 is 1.00 bits per heavy atom. The van der Waals surface area contributed by atoms with E-state index in [9.17, 15) is 9.59 Å². The minimum atomic E-state index is -0.518. The van der Waals surface area contributed by atoms with E-state index in [2.05, 4.69) is 5.32 Å². The van der Waals surface area contributed by atoms with Gasteiger partial charge in [0.1, 0.15) is 11.2 Å². The van der Waals surface area contributed by atoms with Gasteiger partial charge in [-0.15, -0.1) is 11.3 Å². The van der Waals surface area contributed by atoms with Gasteiger partial charge in [-0.25, -0.2) is 4.79 Å².